The first-order valence-electron chi connectivity index (χ1n) is 7.10. The van der Waals surface area contributed by atoms with Crippen LogP contribution in [-0.4, -0.2) is 31.6 Å². The van der Waals surface area contributed by atoms with Gasteiger partial charge in [-0.05, 0) is 37.8 Å². The van der Waals surface area contributed by atoms with Crippen molar-refractivity contribution in [2.45, 2.75) is 37.8 Å². The van der Waals surface area contributed by atoms with Gasteiger partial charge in [0.2, 0.25) is 5.91 Å². The second-order valence-corrected chi connectivity index (χ2v) is 5.44. The molecule has 1 atom stereocenters. The Balaban J connectivity index is 1.82. The van der Waals surface area contributed by atoms with E-state index in [4.69, 9.17) is 4.74 Å². The van der Waals surface area contributed by atoms with E-state index in [9.17, 15) is 9.18 Å². The van der Waals surface area contributed by atoms with Gasteiger partial charge in [-0.3, -0.25) is 4.79 Å². The molecular formula is C15H19FN2O2. The largest absolute Gasteiger partial charge is 0.494 e. The van der Waals surface area contributed by atoms with E-state index < -0.39 is 0 Å². The molecule has 1 amide bonds. The molecule has 1 heterocycles. The topological polar surface area (TPSA) is 41.6 Å². The van der Waals surface area contributed by atoms with Gasteiger partial charge >= 0.3 is 0 Å². The highest BCUT2D eigenvalue weighted by atomic mass is 19.1. The summed E-state index contributed by atoms with van der Waals surface area (Å²) in [5, 5.41) is 3.39. The fraction of sp³-hybridized carbons (Fsp3) is 0.533. The van der Waals surface area contributed by atoms with Crippen molar-refractivity contribution in [1.29, 1.82) is 0 Å². The van der Waals surface area contributed by atoms with Crippen LogP contribution in [0, 0.1) is 5.82 Å². The molecule has 1 aliphatic carbocycles. The van der Waals surface area contributed by atoms with Crippen LogP contribution in [0.3, 0.4) is 0 Å². The van der Waals surface area contributed by atoms with Crippen LogP contribution in [0.25, 0.3) is 0 Å². The number of halogens is 1. The van der Waals surface area contributed by atoms with Gasteiger partial charge in [0.25, 0.3) is 0 Å². The maximum Gasteiger partial charge on any atom is 0.244 e. The number of amides is 1. The molecule has 1 unspecified atom stereocenters. The lowest BCUT2D eigenvalue weighted by molar-refractivity contribution is -0.121. The van der Waals surface area contributed by atoms with Gasteiger partial charge in [0.15, 0.2) is 0 Å². The molecule has 0 radical (unpaired) electrons. The molecule has 1 saturated carbocycles. The van der Waals surface area contributed by atoms with Crippen LogP contribution in [0.15, 0.2) is 18.2 Å². The zero-order valence-electron chi connectivity index (χ0n) is 11.6. The molecule has 108 valence electrons. The smallest absolute Gasteiger partial charge is 0.244 e. The molecule has 2 aliphatic rings. The fourth-order valence-corrected chi connectivity index (χ4v) is 2.68. The third-order valence-corrected chi connectivity index (χ3v) is 3.89. The number of hydrogen-bond acceptors (Lipinski definition) is 3. The van der Waals surface area contributed by atoms with Crippen molar-refractivity contribution in [2.24, 2.45) is 0 Å². The molecule has 3 rings (SSSR count). The summed E-state index contributed by atoms with van der Waals surface area (Å²) in [5.74, 6) is 0.112. The van der Waals surface area contributed by atoms with Crippen LogP contribution in [0.2, 0.25) is 0 Å². The number of ether oxygens (including phenoxy) is 1. The Kier molecular flexibility index (Phi) is 3.61. The first-order valence-corrected chi connectivity index (χ1v) is 7.10. The summed E-state index contributed by atoms with van der Waals surface area (Å²) in [7, 11) is 1.49. The van der Waals surface area contributed by atoms with Gasteiger partial charge in [-0.1, -0.05) is 0 Å². The van der Waals surface area contributed by atoms with Crippen LogP contribution >= 0.6 is 0 Å². The predicted octanol–water partition coefficient (Wildman–Crippen LogP) is 2.08. The van der Waals surface area contributed by atoms with E-state index in [2.05, 4.69) is 5.32 Å². The number of nitrogens with zero attached hydrogens (tertiary/aromatic N) is 1. The van der Waals surface area contributed by atoms with E-state index in [0.29, 0.717) is 24.0 Å². The molecule has 1 saturated heterocycles. The number of anilines is 1. The van der Waals surface area contributed by atoms with Gasteiger partial charge in [0.05, 0.1) is 18.8 Å². The third-order valence-electron chi connectivity index (χ3n) is 3.89. The predicted molar refractivity (Wildman–Crippen MR) is 74.5 cm³/mol. The van der Waals surface area contributed by atoms with Crippen molar-refractivity contribution >= 4 is 11.6 Å². The number of carbonyl (C=O) groups excluding carboxylic acids is 1. The van der Waals surface area contributed by atoms with Gasteiger partial charge in [-0.25, -0.2) is 4.39 Å². The first-order chi connectivity index (χ1) is 9.69. The van der Waals surface area contributed by atoms with E-state index in [-0.39, 0.29) is 17.8 Å². The van der Waals surface area contributed by atoms with Gasteiger partial charge in [-0.2, -0.15) is 0 Å². The second kappa shape index (κ2) is 5.40. The summed E-state index contributed by atoms with van der Waals surface area (Å²) in [6.45, 7) is 0.656. The van der Waals surface area contributed by atoms with E-state index >= 15 is 0 Å². The molecule has 1 aliphatic heterocycles. The lowest BCUT2D eigenvalue weighted by Gasteiger charge is -2.33. The Morgan fingerprint density at radius 1 is 1.35 bits per heavy atom. The Labute approximate surface area is 117 Å². The number of rotatable bonds is 4. The Hall–Kier alpha value is -1.62. The highest BCUT2D eigenvalue weighted by Crippen LogP contribution is 2.32. The number of methoxy groups -OCH3 is 1. The second-order valence-electron chi connectivity index (χ2n) is 5.44. The minimum atomic E-state index is -0.359. The molecule has 1 N–H and O–H groups in total. The van der Waals surface area contributed by atoms with Crippen molar-refractivity contribution in [2.75, 3.05) is 18.6 Å². The van der Waals surface area contributed by atoms with Gasteiger partial charge in [0, 0.05) is 18.7 Å². The number of hydrogen-bond donors (Lipinski definition) is 1. The lowest BCUT2D eigenvalue weighted by atomic mass is 10.0. The van der Waals surface area contributed by atoms with Gasteiger partial charge in [-0.15, -0.1) is 0 Å². The lowest BCUT2D eigenvalue weighted by Crippen LogP contribution is -2.51. The quantitative estimate of drug-likeness (QED) is 0.917. The van der Waals surface area contributed by atoms with Crippen molar-refractivity contribution < 1.29 is 13.9 Å². The average molecular weight is 278 g/mol. The van der Waals surface area contributed by atoms with Crippen LogP contribution in [0.1, 0.15) is 25.7 Å². The summed E-state index contributed by atoms with van der Waals surface area (Å²) < 4.78 is 18.5. The summed E-state index contributed by atoms with van der Waals surface area (Å²) in [4.78, 5) is 14.3. The zero-order valence-corrected chi connectivity index (χ0v) is 11.6. The maximum atomic E-state index is 13.3. The molecule has 2 fully saturated rings. The average Bonchev–Trinajstić information content (AvgIpc) is 3.25. The van der Waals surface area contributed by atoms with Crippen LogP contribution in [0.5, 0.6) is 5.75 Å². The fourth-order valence-electron chi connectivity index (χ4n) is 2.68. The van der Waals surface area contributed by atoms with E-state index in [1.54, 1.807) is 11.0 Å². The molecule has 4 nitrogen and oxygen atoms in total. The van der Waals surface area contributed by atoms with E-state index in [0.717, 1.165) is 25.7 Å². The molecular weight excluding hydrogens is 259 g/mol. The van der Waals surface area contributed by atoms with Gasteiger partial charge < -0.3 is 15.0 Å². The molecule has 0 bridgehead atoms. The molecule has 5 heteroatoms. The minimum absolute atomic E-state index is 0.0630. The van der Waals surface area contributed by atoms with Crippen LogP contribution in [-0.2, 0) is 4.79 Å². The Morgan fingerprint density at radius 3 is 2.85 bits per heavy atom. The summed E-state index contributed by atoms with van der Waals surface area (Å²) in [6, 6.07) is 4.68. The Morgan fingerprint density at radius 2 is 2.15 bits per heavy atom. The maximum absolute atomic E-state index is 13.3. The number of nitrogens with one attached hydrogen (secondary N) is 1. The van der Waals surface area contributed by atoms with Crippen LogP contribution in [0.4, 0.5) is 10.1 Å². The highest BCUT2D eigenvalue weighted by molar-refractivity contribution is 5.99. The minimum Gasteiger partial charge on any atom is -0.494 e. The molecule has 1 aromatic carbocycles. The van der Waals surface area contributed by atoms with Crippen molar-refractivity contribution in [3.63, 3.8) is 0 Å². The van der Waals surface area contributed by atoms with E-state index in [1.807, 2.05) is 0 Å². The molecule has 0 spiro atoms. The normalized spacial score (nSPS) is 23.0. The van der Waals surface area contributed by atoms with Crippen molar-refractivity contribution in [3.05, 3.63) is 24.0 Å². The first kappa shape index (κ1) is 13.4. The number of carbonyl (C=O) groups is 1. The van der Waals surface area contributed by atoms with Gasteiger partial charge in [0.1, 0.15) is 11.6 Å². The van der Waals surface area contributed by atoms with Crippen molar-refractivity contribution in [3.8, 4) is 5.75 Å². The van der Waals surface area contributed by atoms with Crippen LogP contribution < -0.4 is 15.0 Å². The Bertz CT molecular complexity index is 517. The molecule has 20 heavy (non-hydrogen) atoms. The van der Waals surface area contributed by atoms with Crippen molar-refractivity contribution in [1.82, 2.24) is 5.32 Å². The van der Waals surface area contributed by atoms with E-state index in [1.165, 1.54) is 19.2 Å². The third kappa shape index (κ3) is 2.63. The number of piperidine rings is 1. The standard InChI is InChI=1S/C15H19FN2O2/c1-20-14-9-10(16)4-7-13(14)18-8-2-3-12(15(18)19)17-11-5-6-11/h4,7,9,11-12,17H,2-3,5-6,8H2,1H3. The molecule has 0 aromatic heterocycles. The summed E-state index contributed by atoms with van der Waals surface area (Å²) >= 11 is 0. The SMILES string of the molecule is COc1cc(F)ccc1N1CCCC(NC2CC2)C1=O. The zero-order chi connectivity index (χ0) is 14.1. The highest BCUT2D eigenvalue weighted by Gasteiger charge is 2.34. The monoisotopic (exact) mass is 278 g/mol. The summed E-state index contributed by atoms with van der Waals surface area (Å²) in [5.41, 5.74) is 0.654. The summed E-state index contributed by atoms with van der Waals surface area (Å²) in [6.07, 6.45) is 4.12. The molecule has 1 aromatic rings. The number of benzene rings is 1.